The summed E-state index contributed by atoms with van der Waals surface area (Å²) in [6, 6.07) is 4.17. The fraction of sp³-hybridized carbons (Fsp3) is 0.476. The molecule has 0 radical (unpaired) electrons. The van der Waals surface area contributed by atoms with Crippen LogP contribution in [0.4, 0.5) is 5.69 Å². The summed E-state index contributed by atoms with van der Waals surface area (Å²) >= 11 is 0. The van der Waals surface area contributed by atoms with E-state index in [1.165, 1.54) is 18.5 Å². The summed E-state index contributed by atoms with van der Waals surface area (Å²) in [5.41, 5.74) is 3.26. The number of aromatic nitrogens is 5. The van der Waals surface area contributed by atoms with Gasteiger partial charge in [-0.3, -0.25) is 9.78 Å². The molecule has 5 heterocycles. The minimum atomic E-state index is -0.0673. The van der Waals surface area contributed by atoms with Crippen molar-refractivity contribution in [3.63, 3.8) is 0 Å². The topological polar surface area (TPSA) is 79.5 Å². The monoisotopic (exact) mass is 391 g/mol. The number of nitrogens with zero attached hydrogens (tertiary/aromatic N) is 7. The summed E-state index contributed by atoms with van der Waals surface area (Å²) in [4.78, 5) is 30.3. The molecular weight excluding hydrogens is 366 g/mol. The van der Waals surface area contributed by atoms with Gasteiger partial charge in [-0.05, 0) is 44.7 Å². The van der Waals surface area contributed by atoms with Gasteiger partial charge in [0.25, 0.3) is 5.91 Å². The predicted molar refractivity (Wildman–Crippen MR) is 109 cm³/mol. The first-order valence-electron chi connectivity index (χ1n) is 10.4. The van der Waals surface area contributed by atoms with E-state index >= 15 is 0 Å². The lowest BCUT2D eigenvalue weighted by molar-refractivity contribution is 0.0698. The van der Waals surface area contributed by atoms with E-state index in [1.54, 1.807) is 12.4 Å². The van der Waals surface area contributed by atoms with Gasteiger partial charge in [-0.25, -0.2) is 14.5 Å². The number of carbonyl (C=O) groups excluding carboxylic acids is 1. The van der Waals surface area contributed by atoms with Crippen LogP contribution in [0.5, 0.6) is 0 Å². The van der Waals surface area contributed by atoms with E-state index in [0.717, 1.165) is 49.6 Å². The van der Waals surface area contributed by atoms with Crippen molar-refractivity contribution in [3.05, 3.63) is 47.9 Å². The quantitative estimate of drug-likeness (QED) is 0.682. The second-order valence-corrected chi connectivity index (χ2v) is 7.99. The largest absolute Gasteiger partial charge is 0.370 e. The fourth-order valence-corrected chi connectivity index (χ4v) is 4.26. The molecule has 150 valence electrons. The van der Waals surface area contributed by atoms with E-state index in [1.807, 2.05) is 22.4 Å². The zero-order valence-corrected chi connectivity index (χ0v) is 16.7. The minimum absolute atomic E-state index is 0.0673. The number of pyridine rings is 1. The van der Waals surface area contributed by atoms with Crippen LogP contribution in [0, 0.1) is 6.92 Å². The predicted octanol–water partition coefficient (Wildman–Crippen LogP) is 2.45. The van der Waals surface area contributed by atoms with Gasteiger partial charge in [-0.2, -0.15) is 5.10 Å². The lowest BCUT2D eigenvalue weighted by atomic mass is 9.97. The van der Waals surface area contributed by atoms with Gasteiger partial charge in [0.1, 0.15) is 5.69 Å². The molecule has 8 nitrogen and oxygen atoms in total. The number of hydrogen-bond donors (Lipinski definition) is 0. The van der Waals surface area contributed by atoms with Crippen LogP contribution >= 0.6 is 0 Å². The van der Waals surface area contributed by atoms with Crippen molar-refractivity contribution in [1.82, 2.24) is 29.5 Å². The van der Waals surface area contributed by atoms with Crippen LogP contribution in [0.1, 0.15) is 53.6 Å². The van der Waals surface area contributed by atoms with E-state index in [0.29, 0.717) is 12.2 Å². The fourth-order valence-electron chi connectivity index (χ4n) is 4.26. The first kappa shape index (κ1) is 18.0. The molecule has 3 aromatic heterocycles. The molecule has 2 aliphatic heterocycles. The number of hydrogen-bond acceptors (Lipinski definition) is 6. The van der Waals surface area contributed by atoms with Crippen LogP contribution in [-0.4, -0.2) is 61.6 Å². The highest BCUT2D eigenvalue weighted by molar-refractivity contribution is 5.92. The molecule has 0 spiro atoms. The van der Waals surface area contributed by atoms with Gasteiger partial charge < -0.3 is 9.80 Å². The third-order valence-electron chi connectivity index (χ3n) is 5.88. The number of carbonyl (C=O) groups is 1. The summed E-state index contributed by atoms with van der Waals surface area (Å²) in [6.07, 6.45) is 9.69. The second-order valence-electron chi connectivity index (χ2n) is 7.99. The van der Waals surface area contributed by atoms with Crippen molar-refractivity contribution >= 4 is 17.2 Å². The van der Waals surface area contributed by atoms with Gasteiger partial charge in [0.15, 0.2) is 11.5 Å². The zero-order valence-electron chi connectivity index (χ0n) is 16.7. The molecule has 1 atom stereocenters. The molecule has 29 heavy (non-hydrogen) atoms. The van der Waals surface area contributed by atoms with E-state index in [4.69, 9.17) is 10.1 Å². The SMILES string of the molecule is Cc1cnc(C(=O)N2CCC[C@H](c3nc4ccc(N5CCCC5)cn4n3)C2)cn1. The molecular formula is C21H25N7O. The van der Waals surface area contributed by atoms with Crippen molar-refractivity contribution < 1.29 is 4.79 Å². The summed E-state index contributed by atoms with van der Waals surface area (Å²) in [7, 11) is 0. The molecule has 2 aliphatic rings. The molecule has 0 aliphatic carbocycles. The van der Waals surface area contributed by atoms with Crippen molar-refractivity contribution in [2.75, 3.05) is 31.1 Å². The summed E-state index contributed by atoms with van der Waals surface area (Å²) in [6.45, 7) is 5.42. The Kier molecular flexibility index (Phi) is 4.61. The van der Waals surface area contributed by atoms with Gasteiger partial charge in [-0.15, -0.1) is 0 Å². The lowest BCUT2D eigenvalue weighted by Crippen LogP contribution is -2.39. The second kappa shape index (κ2) is 7.42. The third kappa shape index (κ3) is 3.54. The standard InChI is InChI=1S/C21H25N7O/c1-15-11-23-18(12-22-15)21(29)27-10-4-5-16(13-27)20-24-19-7-6-17(14-28(19)25-20)26-8-2-3-9-26/h6-7,11-12,14,16H,2-5,8-10,13H2,1H3/t16-/m0/s1. The lowest BCUT2D eigenvalue weighted by Gasteiger charge is -2.31. The maximum Gasteiger partial charge on any atom is 0.274 e. The van der Waals surface area contributed by atoms with Gasteiger partial charge >= 0.3 is 0 Å². The molecule has 2 saturated heterocycles. The van der Waals surface area contributed by atoms with Crippen LogP contribution in [0.15, 0.2) is 30.7 Å². The highest BCUT2D eigenvalue weighted by atomic mass is 16.2. The zero-order chi connectivity index (χ0) is 19.8. The maximum atomic E-state index is 12.8. The van der Waals surface area contributed by atoms with E-state index < -0.39 is 0 Å². The Balaban J connectivity index is 1.35. The summed E-state index contributed by atoms with van der Waals surface area (Å²) in [5.74, 6) is 0.889. The van der Waals surface area contributed by atoms with Gasteiger partial charge in [-0.1, -0.05) is 0 Å². The van der Waals surface area contributed by atoms with Crippen molar-refractivity contribution in [2.24, 2.45) is 0 Å². The summed E-state index contributed by atoms with van der Waals surface area (Å²) in [5, 5.41) is 4.76. The Morgan fingerprint density at radius 3 is 2.72 bits per heavy atom. The number of likely N-dealkylation sites (tertiary alicyclic amines) is 1. The highest BCUT2D eigenvalue weighted by Crippen LogP contribution is 2.27. The van der Waals surface area contributed by atoms with Gasteiger partial charge in [0.2, 0.25) is 0 Å². The Morgan fingerprint density at radius 2 is 1.93 bits per heavy atom. The Hall–Kier alpha value is -3.03. The number of piperidine rings is 1. The van der Waals surface area contributed by atoms with Crippen molar-refractivity contribution in [1.29, 1.82) is 0 Å². The average molecular weight is 391 g/mol. The Labute approximate surface area is 169 Å². The molecule has 8 heteroatoms. The van der Waals surface area contributed by atoms with Crippen LogP contribution in [0.25, 0.3) is 5.65 Å². The van der Waals surface area contributed by atoms with Crippen LogP contribution in [-0.2, 0) is 0 Å². The minimum Gasteiger partial charge on any atom is -0.370 e. The number of aryl methyl sites for hydroxylation is 1. The van der Waals surface area contributed by atoms with Crippen LogP contribution in [0.3, 0.4) is 0 Å². The van der Waals surface area contributed by atoms with Crippen LogP contribution in [0.2, 0.25) is 0 Å². The molecule has 0 aromatic carbocycles. The van der Waals surface area contributed by atoms with Crippen molar-refractivity contribution in [2.45, 2.75) is 38.5 Å². The normalized spacial score (nSPS) is 19.8. The number of fused-ring (bicyclic) bond motifs is 1. The Morgan fingerprint density at radius 1 is 1.07 bits per heavy atom. The van der Waals surface area contributed by atoms with E-state index in [-0.39, 0.29) is 11.8 Å². The molecule has 2 fully saturated rings. The average Bonchev–Trinajstić information content (AvgIpc) is 3.43. The molecule has 0 bridgehead atoms. The summed E-state index contributed by atoms with van der Waals surface area (Å²) < 4.78 is 1.88. The van der Waals surface area contributed by atoms with Crippen LogP contribution < -0.4 is 4.90 Å². The smallest absolute Gasteiger partial charge is 0.274 e. The maximum absolute atomic E-state index is 12.8. The number of anilines is 1. The first-order valence-corrected chi connectivity index (χ1v) is 10.4. The van der Waals surface area contributed by atoms with Gasteiger partial charge in [0, 0.05) is 38.3 Å². The van der Waals surface area contributed by atoms with E-state index in [2.05, 4.69) is 27.1 Å². The molecule has 5 rings (SSSR count). The molecule has 0 unspecified atom stereocenters. The van der Waals surface area contributed by atoms with E-state index in [9.17, 15) is 4.79 Å². The third-order valence-corrected chi connectivity index (χ3v) is 5.88. The number of rotatable bonds is 3. The Bertz CT molecular complexity index is 1020. The molecule has 0 saturated carbocycles. The molecule has 1 amide bonds. The molecule has 3 aromatic rings. The molecule has 0 N–H and O–H groups in total. The van der Waals surface area contributed by atoms with Gasteiger partial charge in [0.05, 0.1) is 23.8 Å². The van der Waals surface area contributed by atoms with Crippen molar-refractivity contribution in [3.8, 4) is 0 Å². The highest BCUT2D eigenvalue weighted by Gasteiger charge is 2.29. The first-order chi connectivity index (χ1) is 14.2. The number of amides is 1.